The minimum atomic E-state index is -3.31. The van der Waals surface area contributed by atoms with Gasteiger partial charge >= 0.3 is 7.60 Å². The van der Waals surface area contributed by atoms with Gasteiger partial charge in [-0.15, -0.1) is 22.7 Å². The average molecular weight is 374 g/mol. The Hall–Kier alpha value is -0.490. The SMILES string of the molecule is CCOP(=O)(OCC)C(c1ccc(C)s1)c1ccc(CCO)s1. The highest BCUT2D eigenvalue weighted by atomic mass is 32.1. The fourth-order valence-corrected chi connectivity index (χ4v) is 7.33. The fourth-order valence-electron chi connectivity index (χ4n) is 2.38. The van der Waals surface area contributed by atoms with E-state index in [0.717, 1.165) is 19.5 Å². The second-order valence-corrected chi connectivity index (χ2v) is 9.64. The van der Waals surface area contributed by atoms with Gasteiger partial charge in [0, 0.05) is 32.5 Å². The van der Waals surface area contributed by atoms with Crippen LogP contribution in [0.4, 0.5) is 0 Å². The Bertz CT molecular complexity index is 655. The van der Waals surface area contributed by atoms with Gasteiger partial charge in [-0.2, -0.15) is 0 Å². The lowest BCUT2D eigenvalue weighted by Crippen LogP contribution is -2.06. The van der Waals surface area contributed by atoms with E-state index in [4.69, 9.17) is 14.2 Å². The summed E-state index contributed by atoms with van der Waals surface area (Å²) in [4.78, 5) is 4.18. The topological polar surface area (TPSA) is 55.8 Å². The summed E-state index contributed by atoms with van der Waals surface area (Å²) in [6.07, 6.45) is 0.606. The lowest BCUT2D eigenvalue weighted by atomic mass is 10.3. The van der Waals surface area contributed by atoms with Crippen molar-refractivity contribution >= 4 is 30.3 Å². The number of hydrogen-bond acceptors (Lipinski definition) is 6. The second kappa shape index (κ2) is 8.56. The molecule has 0 bridgehead atoms. The van der Waals surface area contributed by atoms with Crippen molar-refractivity contribution in [2.24, 2.45) is 0 Å². The zero-order chi connectivity index (χ0) is 16.9. The van der Waals surface area contributed by atoms with Gasteiger partial charge in [0.15, 0.2) is 0 Å². The van der Waals surface area contributed by atoms with Gasteiger partial charge in [0.05, 0.1) is 13.2 Å². The molecule has 0 radical (unpaired) electrons. The summed E-state index contributed by atoms with van der Waals surface area (Å²) in [6, 6.07) is 7.98. The molecule has 0 aromatic carbocycles. The molecule has 0 amide bonds. The van der Waals surface area contributed by atoms with Crippen LogP contribution in [-0.2, 0) is 20.0 Å². The zero-order valence-electron chi connectivity index (χ0n) is 13.7. The van der Waals surface area contributed by atoms with Gasteiger partial charge in [-0.05, 0) is 45.0 Å². The first-order valence-electron chi connectivity index (χ1n) is 7.68. The van der Waals surface area contributed by atoms with Crippen LogP contribution in [0.1, 0.15) is 39.0 Å². The molecule has 7 heteroatoms. The molecule has 0 aliphatic carbocycles. The summed E-state index contributed by atoms with van der Waals surface area (Å²) in [6.45, 7) is 6.47. The number of thiophene rings is 2. The maximum absolute atomic E-state index is 13.4. The Morgan fingerprint density at radius 2 is 1.70 bits per heavy atom. The third-order valence-corrected chi connectivity index (χ3v) is 8.32. The van der Waals surface area contributed by atoms with Crippen LogP contribution >= 0.6 is 30.3 Å². The van der Waals surface area contributed by atoms with E-state index < -0.39 is 13.3 Å². The van der Waals surface area contributed by atoms with Crippen LogP contribution in [0.2, 0.25) is 0 Å². The summed E-state index contributed by atoms with van der Waals surface area (Å²) in [5.74, 6) is 0. The molecular formula is C16H23O4PS2. The molecule has 1 N–H and O–H groups in total. The van der Waals surface area contributed by atoms with E-state index in [1.54, 1.807) is 22.7 Å². The molecule has 0 aliphatic rings. The monoisotopic (exact) mass is 374 g/mol. The van der Waals surface area contributed by atoms with E-state index in [0.29, 0.717) is 19.6 Å². The summed E-state index contributed by atoms with van der Waals surface area (Å²) >= 11 is 3.18. The highest BCUT2D eigenvalue weighted by Gasteiger charge is 2.40. The van der Waals surface area contributed by atoms with Crippen LogP contribution < -0.4 is 0 Å². The van der Waals surface area contributed by atoms with Crippen molar-refractivity contribution in [2.45, 2.75) is 32.9 Å². The lowest BCUT2D eigenvalue weighted by Gasteiger charge is -2.25. The van der Waals surface area contributed by atoms with Crippen LogP contribution in [-0.4, -0.2) is 24.9 Å². The van der Waals surface area contributed by atoms with E-state index in [1.807, 2.05) is 45.0 Å². The van der Waals surface area contributed by atoms with Crippen molar-refractivity contribution in [2.75, 3.05) is 19.8 Å². The summed E-state index contributed by atoms with van der Waals surface area (Å²) in [5, 5.41) is 9.12. The molecule has 1 atom stereocenters. The molecule has 4 nitrogen and oxygen atoms in total. The van der Waals surface area contributed by atoms with Crippen LogP contribution in [0.5, 0.6) is 0 Å². The number of aryl methyl sites for hydroxylation is 1. The van der Waals surface area contributed by atoms with Gasteiger partial charge in [-0.25, -0.2) is 0 Å². The zero-order valence-corrected chi connectivity index (χ0v) is 16.2. The van der Waals surface area contributed by atoms with Gasteiger partial charge in [-0.1, -0.05) is 0 Å². The number of aliphatic hydroxyl groups excluding tert-OH is 1. The second-order valence-electron chi connectivity index (χ2n) is 5.00. The normalized spacial score (nSPS) is 13.4. The molecule has 0 fully saturated rings. The highest BCUT2D eigenvalue weighted by Crippen LogP contribution is 2.65. The summed E-state index contributed by atoms with van der Waals surface area (Å²) in [7, 11) is -3.31. The minimum absolute atomic E-state index is 0.108. The third kappa shape index (κ3) is 4.53. The molecule has 0 aliphatic heterocycles. The fraction of sp³-hybridized carbons (Fsp3) is 0.500. The molecule has 2 aromatic heterocycles. The molecule has 2 aromatic rings. The van der Waals surface area contributed by atoms with E-state index in [-0.39, 0.29) is 6.61 Å². The molecule has 2 rings (SSSR count). The van der Waals surface area contributed by atoms with E-state index in [9.17, 15) is 4.57 Å². The molecule has 0 saturated carbocycles. The minimum Gasteiger partial charge on any atom is -0.396 e. The number of hydrogen-bond donors (Lipinski definition) is 1. The van der Waals surface area contributed by atoms with Crippen LogP contribution in [0.3, 0.4) is 0 Å². The Morgan fingerprint density at radius 3 is 2.22 bits per heavy atom. The van der Waals surface area contributed by atoms with Crippen molar-refractivity contribution in [3.05, 3.63) is 43.8 Å². The van der Waals surface area contributed by atoms with Gasteiger partial charge in [-0.3, -0.25) is 4.57 Å². The molecule has 128 valence electrons. The van der Waals surface area contributed by atoms with Gasteiger partial charge < -0.3 is 14.2 Å². The van der Waals surface area contributed by atoms with E-state index in [1.165, 1.54) is 0 Å². The standard InChI is InChI=1S/C16H23O4PS2/c1-4-19-21(18,20-5-2)16(14-8-6-12(3)22-14)15-9-7-13(23-15)10-11-17/h6-9,16-17H,4-5,10-11H2,1-3H3. The highest BCUT2D eigenvalue weighted by molar-refractivity contribution is 7.55. The maximum Gasteiger partial charge on any atom is 0.344 e. The number of aliphatic hydroxyl groups is 1. The first-order chi connectivity index (χ1) is 11.0. The first kappa shape index (κ1) is 18.8. The van der Waals surface area contributed by atoms with Gasteiger partial charge in [0.25, 0.3) is 0 Å². The Labute approximate surface area is 145 Å². The number of rotatable bonds is 9. The molecule has 1 unspecified atom stereocenters. The van der Waals surface area contributed by atoms with Gasteiger partial charge in [0.1, 0.15) is 5.66 Å². The van der Waals surface area contributed by atoms with Gasteiger partial charge in [0.2, 0.25) is 0 Å². The van der Waals surface area contributed by atoms with E-state index in [2.05, 4.69) is 0 Å². The first-order valence-corrected chi connectivity index (χ1v) is 10.9. The Kier molecular flexibility index (Phi) is 7.01. The van der Waals surface area contributed by atoms with Crippen molar-refractivity contribution in [1.29, 1.82) is 0 Å². The quantitative estimate of drug-likeness (QED) is 0.627. The van der Waals surface area contributed by atoms with E-state index >= 15 is 0 Å². The molecule has 2 heterocycles. The van der Waals surface area contributed by atoms with Crippen LogP contribution in [0.25, 0.3) is 0 Å². The third-order valence-electron chi connectivity index (χ3n) is 3.28. The predicted molar refractivity (Wildman–Crippen MR) is 96.9 cm³/mol. The summed E-state index contributed by atoms with van der Waals surface area (Å²) < 4.78 is 24.6. The van der Waals surface area contributed by atoms with Crippen molar-refractivity contribution in [1.82, 2.24) is 0 Å². The summed E-state index contributed by atoms with van der Waals surface area (Å²) in [5.41, 5.74) is -0.404. The van der Waals surface area contributed by atoms with Crippen molar-refractivity contribution < 1.29 is 18.7 Å². The van der Waals surface area contributed by atoms with Crippen LogP contribution in [0.15, 0.2) is 24.3 Å². The smallest absolute Gasteiger partial charge is 0.344 e. The molecule has 0 spiro atoms. The lowest BCUT2D eigenvalue weighted by molar-refractivity contribution is 0.215. The van der Waals surface area contributed by atoms with Crippen molar-refractivity contribution in [3.8, 4) is 0 Å². The largest absolute Gasteiger partial charge is 0.396 e. The maximum atomic E-state index is 13.4. The van der Waals surface area contributed by atoms with Crippen molar-refractivity contribution in [3.63, 3.8) is 0 Å². The molecular weight excluding hydrogens is 351 g/mol. The average Bonchev–Trinajstić information content (AvgIpc) is 3.10. The Balaban J connectivity index is 2.47. The van der Waals surface area contributed by atoms with Crippen LogP contribution in [0, 0.1) is 6.92 Å². The predicted octanol–water partition coefficient (Wildman–Crippen LogP) is 5.01. The Morgan fingerprint density at radius 1 is 1.09 bits per heavy atom. The molecule has 23 heavy (non-hydrogen) atoms. The molecule has 0 saturated heterocycles.